The van der Waals surface area contributed by atoms with Crippen LogP contribution in [0.15, 0.2) is 144 Å². The van der Waals surface area contributed by atoms with E-state index in [0.717, 1.165) is 92.4 Å². The van der Waals surface area contributed by atoms with Gasteiger partial charge in [-0.3, -0.25) is 0 Å². The number of rotatable bonds is 7. The second-order valence-electron chi connectivity index (χ2n) is 16.1. The molecular formula is C52H50IrN2OSi-2. The molecule has 8 aromatic rings. The van der Waals surface area contributed by atoms with Crippen molar-refractivity contribution in [3.63, 3.8) is 0 Å². The second-order valence-corrected chi connectivity index (χ2v) is 21.1. The first-order valence-electron chi connectivity index (χ1n) is 20.9. The SMILES string of the molecule is [2H]C(C)(C)c1cc(-c2[c-]ccc(-c3ccccc3)c2)ncc1[Si](C)(C)C.[2H]C1(c2ccnc(-c3[c-]ccc4c3oc3cc(-c5ccccc5)ccc34)c2)CCCCC1.[Ir]. The maximum Gasteiger partial charge on any atom is 0.121 e. The number of furan rings is 1. The van der Waals surface area contributed by atoms with Gasteiger partial charge in [-0.2, -0.15) is 0 Å². The summed E-state index contributed by atoms with van der Waals surface area (Å²) in [7, 11) is -1.57. The van der Waals surface area contributed by atoms with Gasteiger partial charge in [0.1, 0.15) is 5.58 Å². The van der Waals surface area contributed by atoms with Crippen LogP contribution in [0.1, 0.15) is 71.6 Å². The topological polar surface area (TPSA) is 38.9 Å². The molecule has 5 heteroatoms. The molecule has 0 N–H and O–H groups in total. The van der Waals surface area contributed by atoms with Gasteiger partial charge in [-0.15, -0.1) is 53.6 Å². The van der Waals surface area contributed by atoms with Gasteiger partial charge < -0.3 is 14.4 Å². The second kappa shape index (κ2) is 17.7. The fourth-order valence-electron chi connectivity index (χ4n) is 7.83. The van der Waals surface area contributed by atoms with Crippen molar-refractivity contribution in [1.82, 2.24) is 9.97 Å². The number of nitrogens with zero attached hydrogens (tertiary/aromatic N) is 2. The van der Waals surface area contributed by atoms with Crippen LogP contribution in [0.3, 0.4) is 0 Å². The zero-order valence-electron chi connectivity index (χ0n) is 35.5. The molecule has 1 aliphatic rings. The molecule has 1 aliphatic carbocycles. The van der Waals surface area contributed by atoms with E-state index in [1.165, 1.54) is 22.7 Å². The van der Waals surface area contributed by atoms with Crippen molar-refractivity contribution < 1.29 is 27.3 Å². The first-order valence-corrected chi connectivity index (χ1v) is 23.4. The molecule has 1 saturated carbocycles. The molecular weight excluding hydrogens is 889 g/mol. The van der Waals surface area contributed by atoms with Gasteiger partial charge in [0.05, 0.1) is 13.7 Å². The maximum atomic E-state index is 9.02. The summed E-state index contributed by atoms with van der Waals surface area (Å²) in [4.78, 5) is 9.39. The number of fused-ring (bicyclic) bond motifs is 3. The van der Waals surface area contributed by atoms with E-state index in [4.69, 9.17) is 12.1 Å². The van der Waals surface area contributed by atoms with Gasteiger partial charge in [-0.05, 0) is 70.0 Å². The van der Waals surface area contributed by atoms with Gasteiger partial charge >= 0.3 is 0 Å². The third-order valence-corrected chi connectivity index (χ3v) is 12.9. The average molecular weight is 941 g/mol. The molecule has 0 atom stereocenters. The van der Waals surface area contributed by atoms with E-state index >= 15 is 0 Å². The Morgan fingerprint density at radius 2 is 1.39 bits per heavy atom. The normalized spacial score (nSPS) is 14.5. The van der Waals surface area contributed by atoms with Gasteiger partial charge in [0, 0.05) is 40.6 Å². The van der Waals surface area contributed by atoms with Crippen molar-refractivity contribution in [2.45, 2.75) is 77.4 Å². The van der Waals surface area contributed by atoms with Crippen LogP contribution < -0.4 is 5.19 Å². The van der Waals surface area contributed by atoms with Crippen LogP contribution in [0.25, 0.3) is 66.7 Å². The Morgan fingerprint density at radius 3 is 2.07 bits per heavy atom. The van der Waals surface area contributed by atoms with Crippen molar-refractivity contribution in [1.29, 1.82) is 0 Å². The van der Waals surface area contributed by atoms with E-state index in [9.17, 15) is 0 Å². The molecule has 0 unspecified atom stereocenters. The summed E-state index contributed by atoms with van der Waals surface area (Å²) in [6.07, 6.45) is 9.13. The van der Waals surface area contributed by atoms with Crippen molar-refractivity contribution >= 4 is 35.2 Å². The fourth-order valence-corrected chi connectivity index (χ4v) is 9.42. The fraction of sp³-hybridized carbons (Fsp3) is 0.231. The van der Waals surface area contributed by atoms with Crippen LogP contribution in [-0.4, -0.2) is 18.0 Å². The average Bonchev–Trinajstić information content (AvgIpc) is 3.62. The summed E-state index contributed by atoms with van der Waals surface area (Å²) >= 11 is 0. The molecule has 289 valence electrons. The number of hydrogen-bond donors (Lipinski definition) is 0. The zero-order valence-corrected chi connectivity index (χ0v) is 36.8. The summed E-state index contributed by atoms with van der Waals surface area (Å²) in [5.41, 5.74) is 12.0. The van der Waals surface area contributed by atoms with Crippen LogP contribution in [0.4, 0.5) is 0 Å². The predicted molar refractivity (Wildman–Crippen MR) is 238 cm³/mol. The summed E-state index contributed by atoms with van der Waals surface area (Å²) in [5.74, 6) is -1.16. The molecule has 9 rings (SSSR count). The van der Waals surface area contributed by atoms with E-state index in [0.29, 0.717) is 0 Å². The molecule has 0 aliphatic heterocycles. The van der Waals surface area contributed by atoms with E-state index in [-0.39, 0.29) is 20.1 Å². The monoisotopic (exact) mass is 941 g/mol. The Hall–Kier alpha value is -4.93. The summed E-state index contributed by atoms with van der Waals surface area (Å²) < 4.78 is 24.0. The molecule has 0 amide bonds. The first kappa shape index (κ1) is 37.6. The minimum absolute atomic E-state index is 0. The van der Waals surface area contributed by atoms with Crippen LogP contribution in [0.5, 0.6) is 0 Å². The van der Waals surface area contributed by atoms with Crippen LogP contribution in [0.2, 0.25) is 19.6 Å². The molecule has 0 bridgehead atoms. The number of aromatic nitrogens is 2. The third-order valence-electron chi connectivity index (χ3n) is 10.9. The third kappa shape index (κ3) is 8.97. The Balaban J connectivity index is 0.000000180. The zero-order chi connectivity index (χ0) is 40.5. The Kier molecular flexibility index (Phi) is 11.7. The standard InChI is InChI=1S/C29H24NO.C23H26NSi.Ir/c1-3-8-20(9-4-1)22-14-15-24-25-12-7-13-26(29(25)31-28(24)19-22)27-18-23(16-17-30-27)21-10-5-2-6-11-21;1-17(2)21-15-22(24-16-23(21)25(3,4)5)20-13-9-12-19(14-20)18-10-7-6-8-11-18;/h1,3-4,7-9,12,14-19,21H,2,5-6,10-11H2;6-12,14-17H,1-5H3;/q2*-1;/i21D;17D;. The van der Waals surface area contributed by atoms with Crippen molar-refractivity contribution in [3.8, 4) is 44.8 Å². The molecule has 5 aromatic carbocycles. The minimum Gasteiger partial charge on any atom is -0.501 e. The van der Waals surface area contributed by atoms with Gasteiger partial charge in [0.2, 0.25) is 0 Å². The predicted octanol–water partition coefficient (Wildman–Crippen LogP) is 14.0. The smallest absolute Gasteiger partial charge is 0.121 e. The van der Waals surface area contributed by atoms with Gasteiger partial charge in [0.25, 0.3) is 0 Å². The van der Waals surface area contributed by atoms with Crippen LogP contribution in [0, 0.1) is 12.1 Å². The van der Waals surface area contributed by atoms with E-state index in [1.807, 2.05) is 68.7 Å². The number of hydrogen-bond acceptors (Lipinski definition) is 3. The Labute approximate surface area is 355 Å². The Morgan fingerprint density at radius 1 is 0.702 bits per heavy atom. The van der Waals surface area contributed by atoms with E-state index < -0.39 is 19.9 Å². The van der Waals surface area contributed by atoms with Crippen molar-refractivity contribution in [2.75, 3.05) is 0 Å². The van der Waals surface area contributed by atoms with Gasteiger partial charge in [0.15, 0.2) is 0 Å². The molecule has 3 nitrogen and oxygen atoms in total. The van der Waals surface area contributed by atoms with E-state index in [2.05, 4.69) is 122 Å². The van der Waals surface area contributed by atoms with Gasteiger partial charge in [-0.25, -0.2) is 0 Å². The molecule has 57 heavy (non-hydrogen) atoms. The molecule has 0 spiro atoms. The number of benzene rings is 5. The summed E-state index contributed by atoms with van der Waals surface area (Å²) in [6, 6.07) is 50.1. The molecule has 1 fully saturated rings. The molecule has 0 saturated heterocycles. The van der Waals surface area contributed by atoms with Crippen LogP contribution in [-0.2, 0) is 20.1 Å². The van der Waals surface area contributed by atoms with Crippen molar-refractivity contribution in [2.24, 2.45) is 0 Å². The maximum absolute atomic E-state index is 9.02. The van der Waals surface area contributed by atoms with E-state index in [1.54, 1.807) is 0 Å². The minimum atomic E-state index is -1.57. The largest absolute Gasteiger partial charge is 0.501 e. The number of pyridine rings is 2. The van der Waals surface area contributed by atoms with Crippen molar-refractivity contribution in [3.05, 3.63) is 163 Å². The Bertz CT molecular complexity index is 2700. The van der Waals surface area contributed by atoms with Gasteiger partial charge in [-0.1, -0.05) is 160 Å². The molecule has 1 radical (unpaired) electrons. The first-order chi connectivity index (χ1) is 27.9. The summed E-state index contributed by atoms with van der Waals surface area (Å²) in [5, 5.41) is 3.43. The molecule has 3 heterocycles. The van der Waals surface area contributed by atoms with Crippen LogP contribution >= 0.6 is 0 Å². The molecule has 3 aromatic heterocycles. The quantitative estimate of drug-likeness (QED) is 0.118. The summed E-state index contributed by atoms with van der Waals surface area (Å²) in [6.45, 7) is 10.8.